The lowest BCUT2D eigenvalue weighted by molar-refractivity contribution is 0.509. The highest BCUT2D eigenvalue weighted by Gasteiger charge is 2.22. The molecule has 9 heteroatoms. The zero-order valence-electron chi connectivity index (χ0n) is 17.0. The fraction of sp³-hybridized carbons (Fsp3) is 0.273. The van der Waals surface area contributed by atoms with Crippen LogP contribution in [0, 0.1) is 18.6 Å². The Morgan fingerprint density at radius 1 is 1.03 bits per heavy atom. The third kappa shape index (κ3) is 3.90. The average Bonchev–Trinajstić information content (AvgIpc) is 3.19. The maximum Gasteiger partial charge on any atom is 0.243 e. The van der Waals surface area contributed by atoms with E-state index >= 15 is 0 Å². The highest BCUT2D eigenvalue weighted by Crippen LogP contribution is 2.26. The summed E-state index contributed by atoms with van der Waals surface area (Å²) < 4.78 is 28.7. The van der Waals surface area contributed by atoms with Crippen LogP contribution < -0.4 is 10.2 Å². The lowest BCUT2D eigenvalue weighted by Gasteiger charge is -2.32. The van der Waals surface area contributed by atoms with Crippen LogP contribution >= 0.6 is 0 Å². The van der Waals surface area contributed by atoms with Gasteiger partial charge in [0.25, 0.3) is 0 Å². The van der Waals surface area contributed by atoms with Gasteiger partial charge in [-0.15, -0.1) is 5.10 Å². The van der Waals surface area contributed by atoms with Gasteiger partial charge in [-0.1, -0.05) is 6.07 Å². The Hall–Kier alpha value is -3.62. The number of piperidine rings is 1. The third-order valence-electron chi connectivity index (χ3n) is 5.51. The minimum absolute atomic E-state index is 0.239. The molecule has 7 nitrogen and oxygen atoms in total. The summed E-state index contributed by atoms with van der Waals surface area (Å²) in [5.74, 6) is 0.480. The number of anilines is 2. The van der Waals surface area contributed by atoms with Crippen molar-refractivity contribution >= 4 is 17.4 Å². The number of aromatic nitrogens is 5. The predicted molar refractivity (Wildman–Crippen MR) is 114 cm³/mol. The maximum absolute atomic E-state index is 13.7. The van der Waals surface area contributed by atoms with Gasteiger partial charge in [0.05, 0.1) is 0 Å². The first kappa shape index (κ1) is 19.3. The van der Waals surface area contributed by atoms with E-state index in [1.54, 1.807) is 23.0 Å². The van der Waals surface area contributed by atoms with Crippen molar-refractivity contribution in [1.29, 1.82) is 0 Å². The van der Waals surface area contributed by atoms with Gasteiger partial charge in [0.1, 0.15) is 11.6 Å². The van der Waals surface area contributed by atoms with Crippen LogP contribution in [0.1, 0.15) is 18.7 Å². The Labute approximate surface area is 177 Å². The van der Waals surface area contributed by atoms with Crippen LogP contribution in [0.2, 0.25) is 0 Å². The van der Waals surface area contributed by atoms with Crippen LogP contribution in [0.25, 0.3) is 16.8 Å². The van der Waals surface area contributed by atoms with Crippen molar-refractivity contribution < 1.29 is 8.78 Å². The van der Waals surface area contributed by atoms with E-state index in [9.17, 15) is 8.78 Å². The van der Waals surface area contributed by atoms with Gasteiger partial charge in [-0.25, -0.2) is 23.3 Å². The van der Waals surface area contributed by atoms with E-state index in [2.05, 4.69) is 30.3 Å². The first-order valence-electron chi connectivity index (χ1n) is 10.2. The molecule has 1 N–H and O–H groups in total. The van der Waals surface area contributed by atoms with Gasteiger partial charge in [0, 0.05) is 37.1 Å². The van der Waals surface area contributed by atoms with E-state index in [1.165, 1.54) is 6.07 Å². The molecule has 0 saturated carbocycles. The predicted octanol–water partition coefficient (Wildman–Crippen LogP) is 3.85. The average molecular weight is 421 g/mol. The van der Waals surface area contributed by atoms with Gasteiger partial charge < -0.3 is 10.2 Å². The number of fused-ring (bicyclic) bond motifs is 1. The summed E-state index contributed by atoms with van der Waals surface area (Å²) in [6.45, 7) is 3.64. The zero-order chi connectivity index (χ0) is 21.4. The summed E-state index contributed by atoms with van der Waals surface area (Å²) in [6.07, 6.45) is 5.42. The number of pyridine rings is 1. The van der Waals surface area contributed by atoms with Crippen molar-refractivity contribution in [3.8, 4) is 11.1 Å². The molecule has 0 amide bonds. The monoisotopic (exact) mass is 421 g/mol. The van der Waals surface area contributed by atoms with Gasteiger partial charge in [-0.3, -0.25) is 0 Å². The van der Waals surface area contributed by atoms with Crippen molar-refractivity contribution in [2.75, 3.05) is 23.3 Å². The summed E-state index contributed by atoms with van der Waals surface area (Å²) in [6, 6.07) is 9.65. The first-order chi connectivity index (χ1) is 15.1. The molecule has 1 aromatic carbocycles. The van der Waals surface area contributed by atoms with E-state index in [0.717, 1.165) is 43.6 Å². The molecule has 5 rings (SSSR count). The summed E-state index contributed by atoms with van der Waals surface area (Å²) in [5, 5.41) is 7.93. The number of nitrogens with one attached hydrogen (secondary N) is 1. The Morgan fingerprint density at radius 2 is 1.87 bits per heavy atom. The fourth-order valence-corrected chi connectivity index (χ4v) is 3.91. The molecule has 1 aliphatic heterocycles. The molecule has 4 heterocycles. The van der Waals surface area contributed by atoms with E-state index in [-0.39, 0.29) is 6.04 Å². The number of hydrogen-bond acceptors (Lipinski definition) is 6. The molecule has 0 spiro atoms. The summed E-state index contributed by atoms with van der Waals surface area (Å²) in [4.78, 5) is 15.5. The molecule has 158 valence electrons. The standard InChI is InChI=1S/C22H21F2N7/c1-14-25-9-6-20(26-14)30-11-7-16(8-12-30)27-22-28-21-17(3-2-10-31(21)29-22)15-4-5-18(23)19(24)13-15/h2-6,9-10,13,16H,7-8,11-12H2,1H3,(H,27,29). The SMILES string of the molecule is Cc1nccc(N2CCC(Nc3nc4c(-c5ccc(F)c(F)c5)cccn4n3)CC2)n1. The molecule has 0 radical (unpaired) electrons. The molecule has 4 aromatic rings. The molecule has 0 unspecified atom stereocenters. The Bertz CT molecular complexity index is 1230. The van der Waals surface area contributed by atoms with Crippen LogP contribution in [-0.4, -0.2) is 43.7 Å². The lowest BCUT2D eigenvalue weighted by atomic mass is 10.1. The van der Waals surface area contributed by atoms with Crippen LogP contribution in [0.5, 0.6) is 0 Å². The number of benzene rings is 1. The van der Waals surface area contributed by atoms with Crippen LogP contribution in [0.3, 0.4) is 0 Å². The zero-order valence-corrected chi connectivity index (χ0v) is 17.0. The van der Waals surface area contributed by atoms with E-state index < -0.39 is 11.6 Å². The van der Waals surface area contributed by atoms with E-state index in [4.69, 9.17) is 0 Å². The highest BCUT2D eigenvalue weighted by atomic mass is 19.2. The number of rotatable bonds is 4. The summed E-state index contributed by atoms with van der Waals surface area (Å²) in [5.41, 5.74) is 1.83. The molecule has 1 fully saturated rings. The second-order valence-corrected chi connectivity index (χ2v) is 7.62. The van der Waals surface area contributed by atoms with E-state index in [1.807, 2.05) is 25.1 Å². The van der Waals surface area contributed by atoms with E-state index in [0.29, 0.717) is 22.7 Å². The largest absolute Gasteiger partial charge is 0.356 e. The Morgan fingerprint density at radius 3 is 2.65 bits per heavy atom. The van der Waals surface area contributed by atoms with Crippen molar-refractivity contribution in [2.24, 2.45) is 0 Å². The van der Waals surface area contributed by atoms with Crippen LogP contribution in [0.4, 0.5) is 20.5 Å². The first-order valence-corrected chi connectivity index (χ1v) is 10.2. The number of nitrogens with zero attached hydrogens (tertiary/aromatic N) is 6. The third-order valence-corrected chi connectivity index (χ3v) is 5.51. The summed E-state index contributed by atoms with van der Waals surface area (Å²) in [7, 11) is 0. The Balaban J connectivity index is 1.32. The molecule has 0 bridgehead atoms. The van der Waals surface area contributed by atoms with Crippen molar-refractivity contribution in [2.45, 2.75) is 25.8 Å². The summed E-state index contributed by atoms with van der Waals surface area (Å²) >= 11 is 0. The van der Waals surface area contributed by atoms with Crippen LogP contribution in [0.15, 0.2) is 48.8 Å². The quantitative estimate of drug-likeness (QED) is 0.540. The second kappa shape index (κ2) is 7.90. The highest BCUT2D eigenvalue weighted by molar-refractivity contribution is 5.77. The lowest BCUT2D eigenvalue weighted by Crippen LogP contribution is -2.39. The van der Waals surface area contributed by atoms with Gasteiger partial charge in [-0.2, -0.15) is 4.98 Å². The molecule has 0 aliphatic carbocycles. The van der Waals surface area contributed by atoms with Crippen LogP contribution in [-0.2, 0) is 0 Å². The number of halogens is 2. The van der Waals surface area contributed by atoms with Gasteiger partial charge in [0.2, 0.25) is 5.95 Å². The molecule has 3 aromatic heterocycles. The number of hydrogen-bond donors (Lipinski definition) is 1. The second-order valence-electron chi connectivity index (χ2n) is 7.62. The molecule has 31 heavy (non-hydrogen) atoms. The smallest absolute Gasteiger partial charge is 0.243 e. The topological polar surface area (TPSA) is 71.2 Å². The molecule has 1 aliphatic rings. The van der Waals surface area contributed by atoms with Gasteiger partial charge in [-0.05, 0) is 55.7 Å². The maximum atomic E-state index is 13.7. The van der Waals surface area contributed by atoms with Gasteiger partial charge in [0.15, 0.2) is 17.3 Å². The molecule has 0 atom stereocenters. The minimum Gasteiger partial charge on any atom is -0.356 e. The Kier molecular flexibility index (Phi) is 4.93. The van der Waals surface area contributed by atoms with Crippen molar-refractivity contribution in [1.82, 2.24) is 24.6 Å². The molecule has 1 saturated heterocycles. The van der Waals surface area contributed by atoms with Crippen molar-refractivity contribution in [3.63, 3.8) is 0 Å². The van der Waals surface area contributed by atoms with Gasteiger partial charge >= 0.3 is 0 Å². The number of aryl methyl sites for hydroxylation is 1. The minimum atomic E-state index is -0.886. The fourth-order valence-electron chi connectivity index (χ4n) is 3.91. The molecular formula is C22H21F2N7. The normalized spacial score (nSPS) is 14.9. The molecular weight excluding hydrogens is 400 g/mol. The van der Waals surface area contributed by atoms with Crippen molar-refractivity contribution in [3.05, 3.63) is 66.3 Å².